The van der Waals surface area contributed by atoms with Crippen LogP contribution in [0.3, 0.4) is 0 Å². The van der Waals surface area contributed by atoms with Crippen LogP contribution in [0.4, 0.5) is 11.4 Å². The Balaban J connectivity index is 1.76. The maximum absolute atomic E-state index is 12.7. The first-order valence-electron chi connectivity index (χ1n) is 10.6. The number of carbonyl (C=O) groups excluding carboxylic acids is 2. The van der Waals surface area contributed by atoms with Crippen LogP contribution >= 0.6 is 0 Å². The molecule has 2 amide bonds. The zero-order chi connectivity index (χ0) is 23.5. The van der Waals surface area contributed by atoms with E-state index in [2.05, 4.69) is 5.32 Å². The predicted molar refractivity (Wildman–Crippen MR) is 122 cm³/mol. The summed E-state index contributed by atoms with van der Waals surface area (Å²) in [4.78, 5) is 38.4. The van der Waals surface area contributed by atoms with Gasteiger partial charge in [-0.05, 0) is 43.2 Å². The highest BCUT2D eigenvalue weighted by molar-refractivity contribution is 7.89. The van der Waals surface area contributed by atoms with Gasteiger partial charge in [0.1, 0.15) is 6.54 Å². The Hall–Kier alpha value is -2.98. The molecule has 1 aromatic carbocycles. The number of benzene rings is 1. The van der Waals surface area contributed by atoms with Gasteiger partial charge in [-0.15, -0.1) is 0 Å². The van der Waals surface area contributed by atoms with Gasteiger partial charge in [-0.2, -0.15) is 4.31 Å². The molecule has 10 heteroatoms. The number of sulfonamides is 1. The van der Waals surface area contributed by atoms with Crippen LogP contribution in [0.25, 0.3) is 0 Å². The molecule has 0 atom stereocenters. The lowest BCUT2D eigenvalue weighted by Crippen LogP contribution is -2.33. The van der Waals surface area contributed by atoms with Crippen molar-refractivity contribution in [2.45, 2.75) is 45.1 Å². The van der Waals surface area contributed by atoms with E-state index in [9.17, 15) is 22.8 Å². The predicted octanol–water partition coefficient (Wildman–Crippen LogP) is 1.95. The van der Waals surface area contributed by atoms with Crippen molar-refractivity contribution < 1.29 is 18.0 Å². The van der Waals surface area contributed by atoms with E-state index in [0.717, 1.165) is 28.3 Å². The van der Waals surface area contributed by atoms with Crippen molar-refractivity contribution in [1.82, 2.24) is 8.87 Å². The molecule has 1 fully saturated rings. The zero-order valence-corrected chi connectivity index (χ0v) is 19.3. The van der Waals surface area contributed by atoms with Crippen LogP contribution in [0, 0.1) is 6.92 Å². The fourth-order valence-electron chi connectivity index (χ4n) is 3.79. The first kappa shape index (κ1) is 23.7. The second-order valence-electron chi connectivity index (χ2n) is 7.62. The van der Waals surface area contributed by atoms with Gasteiger partial charge < -0.3 is 14.8 Å². The Morgan fingerprint density at radius 1 is 1.12 bits per heavy atom. The molecule has 0 aliphatic carbocycles. The molecule has 0 radical (unpaired) electrons. The van der Waals surface area contributed by atoms with Crippen LogP contribution in [-0.4, -0.2) is 48.7 Å². The molecule has 0 bridgehead atoms. The highest BCUT2D eigenvalue weighted by atomic mass is 32.2. The molecule has 1 aromatic heterocycles. The quantitative estimate of drug-likeness (QED) is 0.648. The third-order valence-corrected chi connectivity index (χ3v) is 7.49. The Morgan fingerprint density at radius 3 is 2.44 bits per heavy atom. The molecule has 0 spiro atoms. The number of rotatable bonds is 8. The lowest BCUT2D eigenvalue weighted by atomic mass is 10.1. The Bertz CT molecular complexity index is 1190. The summed E-state index contributed by atoms with van der Waals surface area (Å²) in [5, 5.41) is 2.73. The average Bonchev–Trinajstić information content (AvgIpc) is 3.16. The van der Waals surface area contributed by atoms with Crippen molar-refractivity contribution in [3.8, 4) is 0 Å². The van der Waals surface area contributed by atoms with Crippen molar-refractivity contribution >= 4 is 33.2 Å². The third kappa shape index (κ3) is 4.91. The highest BCUT2D eigenvalue weighted by Gasteiger charge is 2.24. The number of nitrogens with zero attached hydrogens (tertiary/aromatic N) is 3. The molecule has 0 unspecified atom stereocenters. The molecule has 3 rings (SSSR count). The number of hydrogen-bond donors (Lipinski definition) is 1. The fraction of sp³-hybridized carbons (Fsp3) is 0.409. The van der Waals surface area contributed by atoms with E-state index in [1.807, 2.05) is 6.92 Å². The first-order valence-corrected chi connectivity index (χ1v) is 12.0. The van der Waals surface area contributed by atoms with Crippen LogP contribution in [0.5, 0.6) is 0 Å². The lowest BCUT2D eigenvalue weighted by Gasteiger charge is -2.19. The summed E-state index contributed by atoms with van der Waals surface area (Å²) in [6.45, 7) is 6.29. The Labute approximate surface area is 187 Å². The second-order valence-corrected chi connectivity index (χ2v) is 9.56. The van der Waals surface area contributed by atoms with E-state index in [1.54, 1.807) is 36.9 Å². The molecule has 32 heavy (non-hydrogen) atoms. The smallest absolute Gasteiger partial charge is 0.251 e. The minimum absolute atomic E-state index is 0.0379. The molecule has 9 nitrogen and oxygen atoms in total. The molecule has 1 aliphatic heterocycles. The summed E-state index contributed by atoms with van der Waals surface area (Å²) >= 11 is 0. The average molecular weight is 461 g/mol. The zero-order valence-electron chi connectivity index (χ0n) is 18.5. The minimum Gasteiger partial charge on any atom is -0.325 e. The van der Waals surface area contributed by atoms with Gasteiger partial charge >= 0.3 is 0 Å². The van der Waals surface area contributed by atoms with Crippen molar-refractivity contribution in [1.29, 1.82) is 0 Å². The first-order chi connectivity index (χ1) is 15.2. The van der Waals surface area contributed by atoms with Gasteiger partial charge in [-0.25, -0.2) is 8.42 Å². The number of aryl methyl sites for hydroxylation is 1. The summed E-state index contributed by atoms with van der Waals surface area (Å²) in [7, 11) is -3.75. The summed E-state index contributed by atoms with van der Waals surface area (Å²) in [6, 6.07) is 7.66. The maximum atomic E-state index is 12.7. The molecule has 1 aliphatic rings. The summed E-state index contributed by atoms with van der Waals surface area (Å²) in [5.74, 6) is -0.377. The van der Waals surface area contributed by atoms with Gasteiger partial charge in [0.25, 0.3) is 5.56 Å². The number of pyridine rings is 1. The highest BCUT2D eigenvalue weighted by Crippen LogP contribution is 2.27. The van der Waals surface area contributed by atoms with E-state index < -0.39 is 21.5 Å². The Morgan fingerprint density at radius 2 is 1.84 bits per heavy atom. The summed E-state index contributed by atoms with van der Waals surface area (Å²) < 4.78 is 27.8. The second kappa shape index (κ2) is 9.66. The van der Waals surface area contributed by atoms with Gasteiger partial charge in [-0.3, -0.25) is 14.4 Å². The van der Waals surface area contributed by atoms with Gasteiger partial charge in [0.05, 0.1) is 4.90 Å². The van der Waals surface area contributed by atoms with Gasteiger partial charge in [-0.1, -0.05) is 13.8 Å². The molecule has 1 N–H and O–H groups in total. The van der Waals surface area contributed by atoms with Crippen LogP contribution < -0.4 is 15.8 Å². The summed E-state index contributed by atoms with van der Waals surface area (Å²) in [5.41, 5.74) is 1.72. The molecule has 0 saturated carbocycles. The molecular formula is C22H28N4O5S. The number of aromatic nitrogens is 1. The third-order valence-electron chi connectivity index (χ3n) is 5.46. The van der Waals surface area contributed by atoms with Crippen LogP contribution in [0.1, 0.15) is 32.3 Å². The number of carbonyl (C=O) groups is 2. The van der Waals surface area contributed by atoms with E-state index in [-0.39, 0.29) is 17.3 Å². The molecule has 1 saturated heterocycles. The standard InChI is InChI=1S/C22H28N4O5S/c1-4-25(5-2)32(30,31)18-9-11-21(28)24(14-18)15-20(27)23-17-8-10-19(16(3)13-17)26-12-6-7-22(26)29/h8-11,13-14H,4-7,12,15H2,1-3H3,(H,23,27). The minimum atomic E-state index is -3.75. The van der Waals surface area contributed by atoms with E-state index >= 15 is 0 Å². The van der Waals surface area contributed by atoms with Gasteiger partial charge in [0.15, 0.2) is 0 Å². The molecule has 172 valence electrons. The molecule has 2 aromatic rings. The van der Waals surface area contributed by atoms with E-state index in [1.165, 1.54) is 16.6 Å². The van der Waals surface area contributed by atoms with Crippen LogP contribution in [0.2, 0.25) is 0 Å². The number of hydrogen-bond acceptors (Lipinski definition) is 5. The SMILES string of the molecule is CCN(CC)S(=O)(=O)c1ccc(=O)n(CC(=O)Nc2ccc(N3CCCC3=O)c(C)c2)c1. The molecule has 2 heterocycles. The maximum Gasteiger partial charge on any atom is 0.251 e. The van der Waals surface area contributed by atoms with Gasteiger partial charge in [0.2, 0.25) is 21.8 Å². The van der Waals surface area contributed by atoms with E-state index in [4.69, 9.17) is 0 Å². The topological polar surface area (TPSA) is 109 Å². The molecular weight excluding hydrogens is 432 g/mol. The van der Waals surface area contributed by atoms with Crippen molar-refractivity contribution in [2.75, 3.05) is 29.9 Å². The van der Waals surface area contributed by atoms with Crippen LogP contribution in [0.15, 0.2) is 46.2 Å². The fourth-order valence-corrected chi connectivity index (χ4v) is 5.27. The van der Waals surface area contributed by atoms with Gasteiger partial charge in [0, 0.05) is 49.7 Å². The summed E-state index contributed by atoms with van der Waals surface area (Å²) in [6.07, 6.45) is 2.56. The van der Waals surface area contributed by atoms with Crippen LogP contribution in [-0.2, 0) is 26.2 Å². The van der Waals surface area contributed by atoms with Crippen molar-refractivity contribution in [2.24, 2.45) is 0 Å². The Kier molecular flexibility index (Phi) is 7.15. The normalized spacial score (nSPS) is 14.2. The number of anilines is 2. The van der Waals surface area contributed by atoms with Crippen molar-refractivity contribution in [3.63, 3.8) is 0 Å². The lowest BCUT2D eigenvalue weighted by molar-refractivity contribution is -0.117. The van der Waals surface area contributed by atoms with Crippen molar-refractivity contribution in [3.05, 3.63) is 52.4 Å². The number of amides is 2. The monoisotopic (exact) mass is 460 g/mol. The number of nitrogens with one attached hydrogen (secondary N) is 1. The van der Waals surface area contributed by atoms with E-state index in [0.29, 0.717) is 31.7 Å². The largest absolute Gasteiger partial charge is 0.325 e.